The van der Waals surface area contributed by atoms with Gasteiger partial charge in [-0.3, -0.25) is 5.10 Å². The van der Waals surface area contributed by atoms with Crippen molar-refractivity contribution in [2.45, 2.75) is 6.92 Å². The van der Waals surface area contributed by atoms with Gasteiger partial charge in [0.1, 0.15) is 11.5 Å². The first-order valence-corrected chi connectivity index (χ1v) is 9.32. The maximum absolute atomic E-state index is 13.9. The molecule has 31 heavy (non-hydrogen) atoms. The molecule has 7 nitrogen and oxygen atoms in total. The summed E-state index contributed by atoms with van der Waals surface area (Å²) in [6.07, 6.45) is 1.75. The zero-order valence-corrected chi connectivity index (χ0v) is 16.5. The minimum atomic E-state index is -0.942. The molecular weight excluding hydrogens is 402 g/mol. The summed E-state index contributed by atoms with van der Waals surface area (Å²) in [5.74, 6) is -1.09. The summed E-state index contributed by atoms with van der Waals surface area (Å²) in [4.78, 5) is 20.1. The number of hydrogen-bond donors (Lipinski definition) is 4. The summed E-state index contributed by atoms with van der Waals surface area (Å²) in [6.45, 7) is 4.53. The SMILES string of the molecule is C=CC(NC(=O)Nc1ccc2[nH]nc(-c3nc4ccccc4[nH]3)c2c1)=C(F)/C=C(\C)F. The average Bonchev–Trinajstić information content (AvgIpc) is 3.34. The minimum absolute atomic E-state index is 0.248. The first-order chi connectivity index (χ1) is 14.9. The van der Waals surface area contributed by atoms with E-state index in [1.807, 2.05) is 24.3 Å². The Morgan fingerprint density at radius 1 is 1.16 bits per heavy atom. The molecule has 0 fully saturated rings. The van der Waals surface area contributed by atoms with E-state index in [4.69, 9.17) is 0 Å². The van der Waals surface area contributed by atoms with Crippen LogP contribution in [-0.4, -0.2) is 26.2 Å². The third-order valence-electron chi connectivity index (χ3n) is 4.47. The number of amides is 2. The third kappa shape index (κ3) is 4.20. The first-order valence-electron chi connectivity index (χ1n) is 9.32. The lowest BCUT2D eigenvalue weighted by molar-refractivity contribution is 0.254. The number of H-pyrrole nitrogens is 2. The van der Waals surface area contributed by atoms with Gasteiger partial charge >= 0.3 is 6.03 Å². The van der Waals surface area contributed by atoms with E-state index in [2.05, 4.69) is 37.4 Å². The number of urea groups is 1. The van der Waals surface area contributed by atoms with Crippen LogP contribution in [0.4, 0.5) is 19.3 Å². The second-order valence-electron chi connectivity index (χ2n) is 6.71. The molecule has 0 aliphatic heterocycles. The summed E-state index contributed by atoms with van der Waals surface area (Å²) in [5.41, 5.74) is 3.24. The highest BCUT2D eigenvalue weighted by Crippen LogP contribution is 2.28. The molecule has 0 aliphatic rings. The van der Waals surface area contributed by atoms with Crippen LogP contribution in [0.5, 0.6) is 0 Å². The number of para-hydroxylation sites is 2. The second kappa shape index (κ2) is 8.23. The van der Waals surface area contributed by atoms with Gasteiger partial charge in [0.15, 0.2) is 5.82 Å². The summed E-state index contributed by atoms with van der Waals surface area (Å²) in [5, 5.41) is 12.9. The average molecular weight is 420 g/mol. The van der Waals surface area contributed by atoms with E-state index in [1.165, 1.54) is 0 Å². The maximum atomic E-state index is 13.9. The van der Waals surface area contributed by atoms with Crippen LogP contribution in [0, 0.1) is 0 Å². The van der Waals surface area contributed by atoms with Crippen molar-refractivity contribution < 1.29 is 13.6 Å². The van der Waals surface area contributed by atoms with Crippen LogP contribution in [0.2, 0.25) is 0 Å². The number of halogens is 2. The number of carbonyl (C=O) groups is 1. The molecule has 9 heteroatoms. The molecule has 0 aliphatic carbocycles. The smallest absolute Gasteiger partial charge is 0.323 e. The topological polar surface area (TPSA) is 98.5 Å². The molecule has 0 radical (unpaired) electrons. The number of aromatic amines is 2. The monoisotopic (exact) mass is 420 g/mol. The van der Waals surface area contributed by atoms with E-state index in [1.54, 1.807) is 18.2 Å². The number of rotatable bonds is 5. The third-order valence-corrected chi connectivity index (χ3v) is 4.47. The highest BCUT2D eigenvalue weighted by molar-refractivity contribution is 5.98. The van der Waals surface area contributed by atoms with Crippen molar-refractivity contribution in [3.8, 4) is 11.5 Å². The van der Waals surface area contributed by atoms with Gasteiger partial charge in [0, 0.05) is 17.1 Å². The first kappa shape index (κ1) is 20.0. The zero-order chi connectivity index (χ0) is 22.0. The fourth-order valence-electron chi connectivity index (χ4n) is 3.08. The Bertz CT molecular complexity index is 1330. The number of nitrogens with one attached hydrogen (secondary N) is 4. The zero-order valence-electron chi connectivity index (χ0n) is 16.5. The molecule has 0 saturated carbocycles. The molecule has 2 heterocycles. The van der Waals surface area contributed by atoms with Crippen LogP contribution in [0.15, 0.2) is 78.5 Å². The van der Waals surface area contributed by atoms with Crippen LogP contribution in [0.25, 0.3) is 33.5 Å². The molecule has 0 saturated heterocycles. The molecule has 2 aromatic heterocycles. The van der Waals surface area contributed by atoms with Crippen molar-refractivity contribution in [2.75, 3.05) is 5.32 Å². The number of anilines is 1. The number of allylic oxidation sites excluding steroid dienone is 4. The Hall–Kier alpha value is -4.27. The van der Waals surface area contributed by atoms with Crippen LogP contribution >= 0.6 is 0 Å². The molecular formula is C22H18F2N6O. The minimum Gasteiger partial charge on any atom is -0.337 e. The molecule has 156 valence electrons. The van der Waals surface area contributed by atoms with Crippen molar-refractivity contribution in [3.63, 3.8) is 0 Å². The molecule has 2 amide bonds. The summed E-state index contributed by atoms with van der Waals surface area (Å²) < 4.78 is 26.8. The van der Waals surface area contributed by atoms with E-state index < -0.39 is 17.7 Å². The van der Waals surface area contributed by atoms with Crippen molar-refractivity contribution >= 4 is 33.7 Å². The number of imidazole rings is 1. The molecule has 4 aromatic rings. The molecule has 0 spiro atoms. The molecule has 0 unspecified atom stereocenters. The number of hydrogen-bond acceptors (Lipinski definition) is 3. The molecule has 4 N–H and O–H groups in total. The number of aromatic nitrogens is 4. The number of benzene rings is 2. The van der Waals surface area contributed by atoms with Crippen molar-refractivity contribution in [3.05, 3.63) is 78.5 Å². The number of nitrogens with zero attached hydrogens (tertiary/aromatic N) is 2. The van der Waals surface area contributed by atoms with Gasteiger partial charge in [-0.1, -0.05) is 18.7 Å². The van der Waals surface area contributed by atoms with E-state index in [0.717, 1.165) is 34.9 Å². The second-order valence-corrected chi connectivity index (χ2v) is 6.71. The lowest BCUT2D eigenvalue weighted by Gasteiger charge is -2.09. The Labute approximate surface area is 175 Å². The predicted molar refractivity (Wildman–Crippen MR) is 117 cm³/mol. The van der Waals surface area contributed by atoms with Crippen molar-refractivity contribution in [1.29, 1.82) is 0 Å². The summed E-state index contributed by atoms with van der Waals surface area (Å²) in [7, 11) is 0. The normalized spacial score (nSPS) is 12.7. The van der Waals surface area contributed by atoms with E-state index >= 15 is 0 Å². The van der Waals surface area contributed by atoms with Crippen LogP contribution in [0.1, 0.15) is 6.92 Å². The van der Waals surface area contributed by atoms with E-state index in [9.17, 15) is 13.6 Å². The highest BCUT2D eigenvalue weighted by atomic mass is 19.1. The van der Waals surface area contributed by atoms with Gasteiger partial charge in [-0.25, -0.2) is 18.6 Å². The van der Waals surface area contributed by atoms with Crippen LogP contribution < -0.4 is 10.6 Å². The number of fused-ring (bicyclic) bond motifs is 2. The van der Waals surface area contributed by atoms with Gasteiger partial charge in [-0.15, -0.1) is 0 Å². The molecule has 0 bridgehead atoms. The Kier molecular flexibility index (Phi) is 5.31. The standard InChI is InChI=1S/C22H18F2N6O/c1-3-16(15(24)10-12(2)23)28-22(31)25-13-8-9-17-14(11-13)20(30-29-17)21-26-18-6-4-5-7-19(18)27-21/h3-11H,1H2,2H3,(H,26,27)(H,29,30)(H2,25,28,31)/b12-10+,16-15?. The molecule has 0 atom stereocenters. The van der Waals surface area contributed by atoms with Crippen molar-refractivity contribution in [1.82, 2.24) is 25.5 Å². The van der Waals surface area contributed by atoms with Gasteiger partial charge in [0.2, 0.25) is 0 Å². The maximum Gasteiger partial charge on any atom is 0.323 e. The Morgan fingerprint density at radius 2 is 1.97 bits per heavy atom. The van der Waals surface area contributed by atoms with Crippen LogP contribution in [0.3, 0.4) is 0 Å². The number of carbonyl (C=O) groups excluding carboxylic acids is 1. The lowest BCUT2D eigenvalue weighted by atomic mass is 10.2. The lowest BCUT2D eigenvalue weighted by Crippen LogP contribution is -2.28. The summed E-state index contributed by atoms with van der Waals surface area (Å²) >= 11 is 0. The van der Waals surface area contributed by atoms with Gasteiger partial charge in [0.05, 0.1) is 28.1 Å². The molecule has 4 rings (SSSR count). The fourth-order valence-corrected chi connectivity index (χ4v) is 3.08. The van der Waals surface area contributed by atoms with Crippen LogP contribution in [-0.2, 0) is 0 Å². The van der Waals surface area contributed by atoms with Gasteiger partial charge < -0.3 is 15.6 Å². The quantitative estimate of drug-likeness (QED) is 0.322. The predicted octanol–water partition coefficient (Wildman–Crippen LogP) is 5.47. The van der Waals surface area contributed by atoms with E-state index in [0.29, 0.717) is 23.3 Å². The van der Waals surface area contributed by atoms with E-state index in [-0.39, 0.29) is 5.70 Å². The highest BCUT2D eigenvalue weighted by Gasteiger charge is 2.14. The van der Waals surface area contributed by atoms with Gasteiger partial charge in [0.25, 0.3) is 0 Å². The fraction of sp³-hybridized carbons (Fsp3) is 0.0455. The Balaban J connectivity index is 1.61. The van der Waals surface area contributed by atoms with Gasteiger partial charge in [-0.05, 0) is 43.3 Å². The molecule has 2 aromatic carbocycles. The Morgan fingerprint density at radius 3 is 2.71 bits per heavy atom. The van der Waals surface area contributed by atoms with Crippen molar-refractivity contribution in [2.24, 2.45) is 0 Å². The van der Waals surface area contributed by atoms with Gasteiger partial charge in [-0.2, -0.15) is 5.10 Å². The largest absolute Gasteiger partial charge is 0.337 e. The summed E-state index contributed by atoms with van der Waals surface area (Å²) in [6, 6.07) is 12.1.